The van der Waals surface area contributed by atoms with Gasteiger partial charge < -0.3 is 9.26 Å². The number of esters is 1. The summed E-state index contributed by atoms with van der Waals surface area (Å²) in [5.41, 5.74) is 3.51. The highest BCUT2D eigenvalue weighted by molar-refractivity contribution is 7.92. The number of hydrogen-bond acceptors (Lipinski definition) is 6. The van der Waals surface area contributed by atoms with Crippen LogP contribution in [0.3, 0.4) is 0 Å². The Balaban J connectivity index is 1.94. The van der Waals surface area contributed by atoms with Crippen molar-refractivity contribution in [1.29, 1.82) is 0 Å². The minimum atomic E-state index is -3.85. The number of anilines is 1. The molecule has 0 unspecified atom stereocenters. The molecule has 1 heterocycles. The van der Waals surface area contributed by atoms with Gasteiger partial charge in [0.2, 0.25) is 0 Å². The van der Waals surface area contributed by atoms with Gasteiger partial charge in [-0.05, 0) is 56.7 Å². The van der Waals surface area contributed by atoms with Crippen molar-refractivity contribution in [2.24, 2.45) is 0 Å². The van der Waals surface area contributed by atoms with Crippen LogP contribution in [-0.4, -0.2) is 26.7 Å². The Hall–Kier alpha value is -3.13. The van der Waals surface area contributed by atoms with Crippen LogP contribution in [0.25, 0.3) is 11.3 Å². The van der Waals surface area contributed by atoms with E-state index in [2.05, 4.69) is 14.6 Å². The second kappa shape index (κ2) is 7.47. The lowest BCUT2D eigenvalue weighted by atomic mass is 10.1. The number of benzene rings is 2. The molecule has 1 aromatic heterocycles. The minimum Gasteiger partial charge on any atom is -0.465 e. The number of nitrogens with zero attached hydrogens (tertiary/aromatic N) is 1. The molecule has 0 spiro atoms. The number of aryl methyl sites for hydroxylation is 2. The number of carbonyl (C=O) groups is 1. The number of aromatic nitrogens is 1. The fourth-order valence-electron chi connectivity index (χ4n) is 2.72. The summed E-state index contributed by atoms with van der Waals surface area (Å²) in [6, 6.07) is 11.1. The molecule has 0 amide bonds. The quantitative estimate of drug-likeness (QED) is 0.653. The van der Waals surface area contributed by atoms with Crippen LogP contribution in [0.2, 0.25) is 0 Å². The van der Waals surface area contributed by atoms with Gasteiger partial charge in [-0.2, -0.15) is 0 Å². The number of methoxy groups -OCH3 is 1. The first kappa shape index (κ1) is 19.6. The molecule has 8 heteroatoms. The van der Waals surface area contributed by atoms with E-state index in [1.807, 2.05) is 13.8 Å². The zero-order chi connectivity index (χ0) is 20.5. The largest absolute Gasteiger partial charge is 0.465 e. The van der Waals surface area contributed by atoms with Crippen molar-refractivity contribution >= 4 is 21.7 Å². The summed E-state index contributed by atoms with van der Waals surface area (Å²) in [6.07, 6.45) is 0. The van der Waals surface area contributed by atoms with E-state index in [0.29, 0.717) is 28.1 Å². The summed E-state index contributed by atoms with van der Waals surface area (Å²) in [5, 5.41) is 3.93. The van der Waals surface area contributed by atoms with Gasteiger partial charge in [-0.15, -0.1) is 0 Å². The van der Waals surface area contributed by atoms with Crippen molar-refractivity contribution in [2.75, 3.05) is 11.8 Å². The molecular formula is C20H20N2O5S. The molecule has 3 aromatic rings. The monoisotopic (exact) mass is 400 g/mol. The molecule has 7 nitrogen and oxygen atoms in total. The van der Waals surface area contributed by atoms with Gasteiger partial charge in [-0.1, -0.05) is 17.3 Å². The average Bonchev–Trinajstić information content (AvgIpc) is 3.00. The van der Waals surface area contributed by atoms with Crippen LogP contribution in [0, 0.1) is 20.8 Å². The molecule has 0 saturated carbocycles. The number of hydrogen-bond donors (Lipinski definition) is 1. The molecule has 0 saturated heterocycles. The zero-order valence-electron chi connectivity index (χ0n) is 15.9. The van der Waals surface area contributed by atoms with Gasteiger partial charge in [0.1, 0.15) is 0 Å². The molecule has 2 aromatic carbocycles. The first-order chi connectivity index (χ1) is 13.2. The van der Waals surface area contributed by atoms with Crippen molar-refractivity contribution < 1.29 is 22.5 Å². The molecule has 146 valence electrons. The number of ether oxygens (including phenoxy) is 1. The number of nitrogens with one attached hydrogen (secondary N) is 1. The molecule has 1 N–H and O–H groups in total. The standard InChI is InChI=1S/C20H20N2O5S/c1-12-5-6-16(19-13(2)14(3)21-27-19)11-18(12)28(24,25)22-17-9-7-15(8-10-17)20(23)26-4/h5-11,22H,1-4H3. The predicted molar refractivity (Wildman–Crippen MR) is 105 cm³/mol. The van der Waals surface area contributed by atoms with E-state index < -0.39 is 16.0 Å². The number of sulfonamides is 1. The molecule has 3 rings (SSSR count). The van der Waals surface area contributed by atoms with Gasteiger partial charge in [0.25, 0.3) is 10.0 Å². The minimum absolute atomic E-state index is 0.135. The fraction of sp³-hybridized carbons (Fsp3) is 0.200. The van der Waals surface area contributed by atoms with Gasteiger partial charge in [0, 0.05) is 16.8 Å². The second-order valence-corrected chi connectivity index (χ2v) is 8.03. The van der Waals surface area contributed by atoms with E-state index in [1.165, 1.54) is 31.4 Å². The van der Waals surface area contributed by atoms with Crippen LogP contribution < -0.4 is 4.72 Å². The smallest absolute Gasteiger partial charge is 0.337 e. The van der Waals surface area contributed by atoms with Gasteiger partial charge in [0.15, 0.2) is 5.76 Å². The lowest BCUT2D eigenvalue weighted by molar-refractivity contribution is 0.0600. The van der Waals surface area contributed by atoms with Crippen molar-refractivity contribution in [3.63, 3.8) is 0 Å². The van der Waals surface area contributed by atoms with Crippen LogP contribution in [0.1, 0.15) is 27.2 Å². The fourth-order valence-corrected chi connectivity index (χ4v) is 4.05. The maximum absolute atomic E-state index is 12.9. The van der Waals surface area contributed by atoms with E-state index in [-0.39, 0.29) is 4.90 Å². The Morgan fingerprint density at radius 1 is 1.07 bits per heavy atom. The van der Waals surface area contributed by atoms with Gasteiger partial charge in [0.05, 0.1) is 23.3 Å². The highest BCUT2D eigenvalue weighted by Gasteiger charge is 2.20. The number of carbonyl (C=O) groups excluding carboxylic acids is 1. The molecule has 0 bridgehead atoms. The van der Waals surface area contributed by atoms with Crippen LogP contribution in [0.4, 0.5) is 5.69 Å². The Bertz CT molecular complexity index is 1130. The molecular weight excluding hydrogens is 380 g/mol. The summed E-state index contributed by atoms with van der Waals surface area (Å²) < 4.78 is 38.4. The van der Waals surface area contributed by atoms with Crippen LogP contribution >= 0.6 is 0 Å². The molecule has 0 fully saturated rings. The molecule has 0 aliphatic rings. The SMILES string of the molecule is COC(=O)c1ccc(NS(=O)(=O)c2cc(-c3onc(C)c3C)ccc2C)cc1. The number of rotatable bonds is 5. The summed E-state index contributed by atoms with van der Waals surface area (Å²) >= 11 is 0. The molecule has 0 aliphatic carbocycles. The van der Waals surface area contributed by atoms with Gasteiger partial charge in [-0.25, -0.2) is 13.2 Å². The third-order valence-electron chi connectivity index (χ3n) is 4.46. The second-order valence-electron chi connectivity index (χ2n) is 6.38. The maximum Gasteiger partial charge on any atom is 0.337 e. The van der Waals surface area contributed by atoms with Crippen molar-refractivity contribution in [2.45, 2.75) is 25.7 Å². The zero-order valence-corrected chi connectivity index (χ0v) is 16.8. The van der Waals surface area contributed by atoms with Crippen molar-refractivity contribution in [1.82, 2.24) is 5.16 Å². The first-order valence-corrected chi connectivity index (χ1v) is 9.96. The summed E-state index contributed by atoms with van der Waals surface area (Å²) in [5.74, 6) is 0.0482. The van der Waals surface area contributed by atoms with Crippen LogP contribution in [0.15, 0.2) is 51.9 Å². The molecule has 0 aliphatic heterocycles. The Kier molecular flexibility index (Phi) is 5.24. The highest BCUT2D eigenvalue weighted by Crippen LogP contribution is 2.29. The highest BCUT2D eigenvalue weighted by atomic mass is 32.2. The Morgan fingerprint density at radius 2 is 1.75 bits per heavy atom. The molecule has 0 atom stereocenters. The van der Waals surface area contributed by atoms with E-state index in [4.69, 9.17) is 4.52 Å². The maximum atomic E-state index is 12.9. The Morgan fingerprint density at radius 3 is 2.32 bits per heavy atom. The summed E-state index contributed by atoms with van der Waals surface area (Å²) in [6.45, 7) is 5.42. The third-order valence-corrected chi connectivity index (χ3v) is 5.98. The van der Waals surface area contributed by atoms with Crippen LogP contribution in [0.5, 0.6) is 0 Å². The summed E-state index contributed by atoms with van der Waals surface area (Å²) in [4.78, 5) is 11.6. The van der Waals surface area contributed by atoms with Crippen molar-refractivity contribution in [3.8, 4) is 11.3 Å². The van der Waals surface area contributed by atoms with E-state index in [0.717, 1.165) is 11.3 Å². The van der Waals surface area contributed by atoms with E-state index in [1.54, 1.807) is 25.1 Å². The lowest BCUT2D eigenvalue weighted by Crippen LogP contribution is -2.14. The van der Waals surface area contributed by atoms with Crippen LogP contribution in [-0.2, 0) is 14.8 Å². The third kappa shape index (κ3) is 3.77. The predicted octanol–water partition coefficient (Wildman–Crippen LogP) is 3.85. The lowest BCUT2D eigenvalue weighted by Gasteiger charge is -2.12. The van der Waals surface area contributed by atoms with E-state index in [9.17, 15) is 13.2 Å². The Labute approximate surface area is 163 Å². The first-order valence-electron chi connectivity index (χ1n) is 8.48. The van der Waals surface area contributed by atoms with Gasteiger partial charge in [-0.3, -0.25) is 4.72 Å². The molecule has 0 radical (unpaired) electrons. The van der Waals surface area contributed by atoms with E-state index >= 15 is 0 Å². The normalized spacial score (nSPS) is 11.3. The molecule has 28 heavy (non-hydrogen) atoms. The summed E-state index contributed by atoms with van der Waals surface area (Å²) in [7, 11) is -2.56. The van der Waals surface area contributed by atoms with Gasteiger partial charge >= 0.3 is 5.97 Å². The topological polar surface area (TPSA) is 98.5 Å². The average molecular weight is 400 g/mol. The van der Waals surface area contributed by atoms with Crippen molar-refractivity contribution in [3.05, 3.63) is 64.8 Å².